The molecule has 0 aliphatic rings. The number of benzene rings is 2. The third-order valence-corrected chi connectivity index (χ3v) is 3.38. The van der Waals surface area contributed by atoms with Crippen LogP contribution in [0.3, 0.4) is 0 Å². The van der Waals surface area contributed by atoms with E-state index >= 15 is 0 Å². The third-order valence-electron chi connectivity index (χ3n) is 3.38. The van der Waals surface area contributed by atoms with E-state index in [2.05, 4.69) is 5.32 Å². The van der Waals surface area contributed by atoms with Crippen LogP contribution in [0.2, 0.25) is 0 Å². The number of phenolic OH excluding ortho intramolecular Hbond substituents is 1. The molecule has 0 radical (unpaired) electrons. The van der Waals surface area contributed by atoms with Gasteiger partial charge in [-0.3, -0.25) is 0 Å². The molecule has 2 rings (SSSR count). The molecule has 0 aliphatic carbocycles. The molecule has 0 fully saturated rings. The van der Waals surface area contributed by atoms with Crippen molar-refractivity contribution < 1.29 is 18.3 Å². The topological polar surface area (TPSA) is 32.3 Å². The maximum atomic E-state index is 13.8. The van der Waals surface area contributed by atoms with Gasteiger partial charge < -0.3 is 10.4 Å². The molecule has 2 unspecified atom stereocenters. The van der Waals surface area contributed by atoms with Gasteiger partial charge in [-0.25, -0.2) is 13.2 Å². The minimum atomic E-state index is -0.645. The van der Waals surface area contributed by atoms with Gasteiger partial charge in [0.1, 0.15) is 23.2 Å². The van der Waals surface area contributed by atoms with E-state index in [1.165, 1.54) is 24.3 Å². The monoisotopic (exact) mass is 295 g/mol. The number of rotatable bonds is 4. The lowest BCUT2D eigenvalue weighted by Gasteiger charge is -2.21. The highest BCUT2D eigenvalue weighted by molar-refractivity contribution is 5.30. The first-order valence-electron chi connectivity index (χ1n) is 6.58. The van der Waals surface area contributed by atoms with Gasteiger partial charge in [-0.05, 0) is 26.0 Å². The molecule has 0 heterocycles. The van der Waals surface area contributed by atoms with Crippen LogP contribution in [0.4, 0.5) is 13.2 Å². The molecule has 0 bridgehead atoms. The van der Waals surface area contributed by atoms with Gasteiger partial charge in [-0.2, -0.15) is 0 Å². The summed E-state index contributed by atoms with van der Waals surface area (Å²) in [5.41, 5.74) is 0.671. The molecule has 2 atom stereocenters. The third kappa shape index (κ3) is 3.55. The Bertz CT molecular complexity index is 590. The second-order valence-electron chi connectivity index (χ2n) is 4.98. The Kier molecular flexibility index (Phi) is 4.53. The van der Waals surface area contributed by atoms with Crippen LogP contribution in [0.25, 0.3) is 0 Å². The summed E-state index contributed by atoms with van der Waals surface area (Å²) in [6.07, 6.45) is 0. The first kappa shape index (κ1) is 15.4. The summed E-state index contributed by atoms with van der Waals surface area (Å²) in [6, 6.07) is 6.43. The molecule has 0 amide bonds. The summed E-state index contributed by atoms with van der Waals surface area (Å²) in [5.74, 6) is -1.97. The Labute approximate surface area is 121 Å². The fraction of sp³-hybridized carbons (Fsp3) is 0.250. The van der Waals surface area contributed by atoms with Crippen molar-refractivity contribution in [2.24, 2.45) is 0 Å². The number of nitrogens with one attached hydrogen (secondary N) is 1. The number of phenols is 1. The minimum Gasteiger partial charge on any atom is -0.508 e. The Morgan fingerprint density at radius 3 is 1.90 bits per heavy atom. The summed E-state index contributed by atoms with van der Waals surface area (Å²) in [6.45, 7) is 3.44. The number of hydrogen-bond acceptors (Lipinski definition) is 2. The zero-order valence-corrected chi connectivity index (χ0v) is 11.7. The second kappa shape index (κ2) is 6.18. The normalized spacial score (nSPS) is 14.0. The lowest BCUT2D eigenvalue weighted by Crippen LogP contribution is -2.24. The summed E-state index contributed by atoms with van der Waals surface area (Å²) < 4.78 is 40.4. The molecule has 112 valence electrons. The average Bonchev–Trinajstić information content (AvgIpc) is 2.37. The fourth-order valence-electron chi connectivity index (χ4n) is 2.27. The van der Waals surface area contributed by atoms with Crippen molar-refractivity contribution in [2.45, 2.75) is 25.9 Å². The summed E-state index contributed by atoms with van der Waals surface area (Å²) in [5, 5.41) is 12.2. The van der Waals surface area contributed by atoms with Crippen molar-refractivity contribution in [2.75, 3.05) is 0 Å². The zero-order chi connectivity index (χ0) is 15.6. The maximum absolute atomic E-state index is 13.8. The molecule has 0 saturated carbocycles. The van der Waals surface area contributed by atoms with Gasteiger partial charge in [-0.1, -0.05) is 12.1 Å². The van der Waals surface area contributed by atoms with Crippen LogP contribution in [-0.4, -0.2) is 5.11 Å². The maximum Gasteiger partial charge on any atom is 0.131 e. The molecule has 21 heavy (non-hydrogen) atoms. The van der Waals surface area contributed by atoms with Crippen molar-refractivity contribution >= 4 is 0 Å². The van der Waals surface area contributed by atoms with E-state index < -0.39 is 29.5 Å². The largest absolute Gasteiger partial charge is 0.508 e. The van der Waals surface area contributed by atoms with E-state index in [-0.39, 0.29) is 5.75 Å². The van der Waals surface area contributed by atoms with Gasteiger partial charge in [0.2, 0.25) is 0 Å². The van der Waals surface area contributed by atoms with Gasteiger partial charge in [0.05, 0.1) is 0 Å². The van der Waals surface area contributed by atoms with Crippen LogP contribution in [-0.2, 0) is 0 Å². The Morgan fingerprint density at radius 1 is 0.857 bits per heavy atom. The van der Waals surface area contributed by atoms with E-state index in [9.17, 15) is 18.3 Å². The van der Waals surface area contributed by atoms with Gasteiger partial charge >= 0.3 is 0 Å². The van der Waals surface area contributed by atoms with Gasteiger partial charge in [-0.15, -0.1) is 0 Å². The predicted molar refractivity (Wildman–Crippen MR) is 74.4 cm³/mol. The van der Waals surface area contributed by atoms with Gasteiger partial charge in [0.25, 0.3) is 0 Å². The lowest BCUT2D eigenvalue weighted by molar-refractivity contribution is 0.447. The van der Waals surface area contributed by atoms with Crippen LogP contribution < -0.4 is 5.32 Å². The number of aromatic hydroxyl groups is 1. The predicted octanol–water partition coefficient (Wildman–Crippen LogP) is 4.22. The average molecular weight is 295 g/mol. The first-order chi connectivity index (χ1) is 9.88. The first-order valence-corrected chi connectivity index (χ1v) is 6.58. The quantitative estimate of drug-likeness (QED) is 0.885. The SMILES string of the molecule is CC(NC(C)c1ccc(F)cc1F)c1ccc(O)cc1F. The fourth-order valence-corrected chi connectivity index (χ4v) is 2.27. The Balaban J connectivity index is 2.16. The van der Waals surface area contributed by atoms with E-state index in [4.69, 9.17) is 0 Å². The van der Waals surface area contributed by atoms with Crippen LogP contribution >= 0.6 is 0 Å². The van der Waals surface area contributed by atoms with Crippen molar-refractivity contribution in [3.05, 3.63) is 65.0 Å². The van der Waals surface area contributed by atoms with E-state index in [0.717, 1.165) is 12.1 Å². The molecule has 0 aromatic heterocycles. The molecule has 0 aliphatic heterocycles. The zero-order valence-electron chi connectivity index (χ0n) is 11.7. The number of halogens is 3. The van der Waals surface area contributed by atoms with Crippen molar-refractivity contribution in [3.8, 4) is 5.75 Å². The lowest BCUT2D eigenvalue weighted by atomic mass is 10.0. The van der Waals surface area contributed by atoms with Crippen LogP contribution in [0, 0.1) is 17.5 Å². The molecular formula is C16H16F3NO. The highest BCUT2D eigenvalue weighted by Crippen LogP contribution is 2.25. The molecule has 2 aromatic carbocycles. The molecule has 5 heteroatoms. The van der Waals surface area contributed by atoms with Gasteiger partial charge in [0, 0.05) is 35.3 Å². The van der Waals surface area contributed by atoms with E-state index in [1.54, 1.807) is 13.8 Å². The summed E-state index contributed by atoms with van der Waals surface area (Å²) in [4.78, 5) is 0. The smallest absolute Gasteiger partial charge is 0.131 e. The molecule has 0 spiro atoms. The highest BCUT2D eigenvalue weighted by atomic mass is 19.1. The molecule has 2 N–H and O–H groups in total. The van der Waals surface area contributed by atoms with Crippen LogP contribution in [0.1, 0.15) is 37.1 Å². The Morgan fingerprint density at radius 2 is 1.38 bits per heavy atom. The van der Waals surface area contributed by atoms with Crippen molar-refractivity contribution in [1.82, 2.24) is 5.32 Å². The number of hydrogen-bond donors (Lipinski definition) is 2. The molecule has 2 aromatic rings. The van der Waals surface area contributed by atoms with E-state index in [0.29, 0.717) is 11.1 Å². The van der Waals surface area contributed by atoms with Crippen molar-refractivity contribution in [3.63, 3.8) is 0 Å². The van der Waals surface area contributed by atoms with Gasteiger partial charge in [0.15, 0.2) is 0 Å². The second-order valence-corrected chi connectivity index (χ2v) is 4.98. The van der Waals surface area contributed by atoms with Crippen molar-refractivity contribution in [1.29, 1.82) is 0 Å². The molecule has 2 nitrogen and oxygen atoms in total. The summed E-state index contributed by atoms with van der Waals surface area (Å²) in [7, 11) is 0. The molecular weight excluding hydrogens is 279 g/mol. The molecule has 0 saturated heterocycles. The van der Waals surface area contributed by atoms with Crippen LogP contribution in [0.5, 0.6) is 5.75 Å². The highest BCUT2D eigenvalue weighted by Gasteiger charge is 2.17. The minimum absolute atomic E-state index is 0.152. The van der Waals surface area contributed by atoms with E-state index in [1.807, 2.05) is 0 Å². The summed E-state index contributed by atoms with van der Waals surface area (Å²) >= 11 is 0. The van der Waals surface area contributed by atoms with Crippen LogP contribution in [0.15, 0.2) is 36.4 Å². The standard InChI is InChI=1S/C16H16F3NO/c1-9(13-5-3-11(17)7-15(13)18)20-10(2)14-6-4-12(21)8-16(14)19/h3-10,20-21H,1-2H3. The Hall–Kier alpha value is -2.01.